The molecule has 1 aromatic carbocycles. The molecule has 1 aromatic rings. The molecule has 4 N–H and O–H groups in total. The van der Waals surface area contributed by atoms with E-state index in [9.17, 15) is 24.6 Å². The number of piperidine rings is 1. The van der Waals surface area contributed by atoms with Gasteiger partial charge in [0.25, 0.3) is 11.8 Å². The van der Waals surface area contributed by atoms with Crippen molar-refractivity contribution in [3.63, 3.8) is 0 Å². The Labute approximate surface area is 220 Å². The molecule has 11 heteroatoms. The average molecular weight is 566 g/mol. The van der Waals surface area contributed by atoms with Crippen LogP contribution in [0.25, 0.3) is 0 Å². The molecule has 10 nitrogen and oxygen atoms in total. The van der Waals surface area contributed by atoms with Crippen LogP contribution >= 0.6 is 15.9 Å². The molecule has 198 valence electrons. The van der Waals surface area contributed by atoms with Crippen LogP contribution in [-0.4, -0.2) is 106 Å². The molecule has 2 saturated heterocycles. The van der Waals surface area contributed by atoms with Crippen molar-refractivity contribution in [2.24, 2.45) is 0 Å². The van der Waals surface area contributed by atoms with Crippen molar-refractivity contribution in [2.75, 3.05) is 49.9 Å². The van der Waals surface area contributed by atoms with E-state index >= 15 is 0 Å². The first kappa shape index (κ1) is 27.0. The lowest BCUT2D eigenvalue weighted by atomic mass is 10.0. The van der Waals surface area contributed by atoms with Crippen LogP contribution in [0.4, 0.5) is 5.69 Å². The van der Waals surface area contributed by atoms with Crippen molar-refractivity contribution in [1.82, 2.24) is 20.0 Å². The SMILES string of the molecule is O=C(CCCCCBr)N1CCN(CCNc2ccc3c(c2)C(=O)N(C2CCC(O)NC2O)C3=O)CC1. The number of aliphatic hydroxyl groups is 2. The van der Waals surface area contributed by atoms with Crippen molar-refractivity contribution >= 4 is 39.3 Å². The molecule has 0 aromatic heterocycles. The van der Waals surface area contributed by atoms with Crippen LogP contribution in [-0.2, 0) is 4.79 Å². The number of nitrogens with one attached hydrogen (secondary N) is 2. The van der Waals surface area contributed by atoms with Gasteiger partial charge in [0, 0.05) is 56.7 Å². The number of unbranched alkanes of at least 4 members (excludes halogenated alkanes) is 2. The summed E-state index contributed by atoms with van der Waals surface area (Å²) in [6.07, 6.45) is 2.43. The van der Waals surface area contributed by atoms with Gasteiger partial charge in [0.15, 0.2) is 0 Å². The van der Waals surface area contributed by atoms with E-state index in [0.29, 0.717) is 36.9 Å². The van der Waals surface area contributed by atoms with Crippen LogP contribution in [0.15, 0.2) is 18.2 Å². The molecule has 0 spiro atoms. The minimum atomic E-state index is -1.16. The standard InChI is InChI=1S/C25H36BrN5O5/c26-9-3-1-2-4-22(33)30-14-12-29(13-15-30)11-10-27-17-5-6-18-19(16-17)25(36)31(24(18)35)20-7-8-21(32)28-23(20)34/h5-6,16,20-21,23,27-28,32,34H,1-4,7-15H2. The molecule has 4 rings (SSSR count). The highest BCUT2D eigenvalue weighted by Gasteiger charge is 2.44. The summed E-state index contributed by atoms with van der Waals surface area (Å²) in [6.45, 7) is 4.67. The highest BCUT2D eigenvalue weighted by molar-refractivity contribution is 9.09. The van der Waals surface area contributed by atoms with E-state index in [2.05, 4.69) is 31.5 Å². The number of halogens is 1. The predicted octanol–water partition coefficient (Wildman–Crippen LogP) is 1.18. The van der Waals surface area contributed by atoms with Gasteiger partial charge in [-0.3, -0.25) is 29.5 Å². The number of carbonyl (C=O) groups excluding carboxylic acids is 3. The number of imide groups is 1. The number of anilines is 1. The fourth-order valence-electron chi connectivity index (χ4n) is 5.10. The second-order valence-electron chi connectivity index (χ2n) is 9.66. The smallest absolute Gasteiger partial charge is 0.262 e. The molecule has 3 heterocycles. The number of alkyl halides is 1. The topological polar surface area (TPSA) is 125 Å². The molecule has 0 aliphatic carbocycles. The summed E-state index contributed by atoms with van der Waals surface area (Å²) in [4.78, 5) is 43.7. The predicted molar refractivity (Wildman–Crippen MR) is 139 cm³/mol. The summed E-state index contributed by atoms with van der Waals surface area (Å²) in [5, 5.41) is 26.8. The molecule has 0 saturated carbocycles. The van der Waals surface area contributed by atoms with Crippen molar-refractivity contribution in [3.05, 3.63) is 29.3 Å². The Morgan fingerprint density at radius 2 is 1.78 bits per heavy atom. The zero-order valence-corrected chi connectivity index (χ0v) is 22.1. The molecule has 0 bridgehead atoms. The van der Waals surface area contributed by atoms with E-state index < -0.39 is 30.3 Å². The van der Waals surface area contributed by atoms with Crippen molar-refractivity contribution in [2.45, 2.75) is 57.0 Å². The molecule has 2 fully saturated rings. The molecule has 36 heavy (non-hydrogen) atoms. The number of rotatable bonds is 10. The van der Waals surface area contributed by atoms with Gasteiger partial charge in [-0.25, -0.2) is 0 Å². The largest absolute Gasteiger partial charge is 0.384 e. The average Bonchev–Trinajstić information content (AvgIpc) is 3.11. The van der Waals surface area contributed by atoms with Gasteiger partial charge in [0.05, 0.1) is 17.2 Å². The Morgan fingerprint density at radius 3 is 2.50 bits per heavy atom. The minimum Gasteiger partial charge on any atom is -0.384 e. The zero-order chi connectivity index (χ0) is 25.7. The number of hydrogen-bond acceptors (Lipinski definition) is 8. The first-order valence-corrected chi connectivity index (χ1v) is 13.9. The van der Waals surface area contributed by atoms with E-state index in [0.717, 1.165) is 67.9 Å². The van der Waals surface area contributed by atoms with Gasteiger partial charge in [0.2, 0.25) is 5.91 Å². The summed E-state index contributed by atoms with van der Waals surface area (Å²) in [6, 6.07) is 4.42. The Morgan fingerprint density at radius 1 is 1.03 bits per heavy atom. The van der Waals surface area contributed by atoms with E-state index in [-0.39, 0.29) is 5.91 Å². The number of carbonyl (C=O) groups is 3. The van der Waals surface area contributed by atoms with Crippen LogP contribution < -0.4 is 10.6 Å². The summed E-state index contributed by atoms with van der Waals surface area (Å²) < 4.78 is 0. The van der Waals surface area contributed by atoms with Gasteiger partial charge >= 0.3 is 0 Å². The number of hydrogen-bond donors (Lipinski definition) is 4. The maximum Gasteiger partial charge on any atom is 0.262 e. The summed E-state index contributed by atoms with van der Waals surface area (Å²) in [5.74, 6) is -0.588. The van der Waals surface area contributed by atoms with Crippen LogP contribution in [0.1, 0.15) is 59.2 Å². The van der Waals surface area contributed by atoms with Crippen LogP contribution in [0, 0.1) is 0 Å². The molecule has 3 atom stereocenters. The van der Waals surface area contributed by atoms with Gasteiger partial charge in [0.1, 0.15) is 12.5 Å². The highest BCUT2D eigenvalue weighted by Crippen LogP contribution is 2.30. The summed E-state index contributed by atoms with van der Waals surface area (Å²) in [7, 11) is 0. The Bertz CT molecular complexity index is 955. The van der Waals surface area contributed by atoms with Gasteiger partial charge in [-0.1, -0.05) is 22.4 Å². The van der Waals surface area contributed by atoms with Crippen LogP contribution in [0.3, 0.4) is 0 Å². The zero-order valence-electron chi connectivity index (χ0n) is 20.5. The lowest BCUT2D eigenvalue weighted by molar-refractivity contribution is -0.133. The summed E-state index contributed by atoms with van der Waals surface area (Å²) in [5.41, 5.74) is 1.41. The Balaban J connectivity index is 1.23. The maximum atomic E-state index is 13.0. The molecule has 3 aliphatic rings. The van der Waals surface area contributed by atoms with Crippen LogP contribution in [0.2, 0.25) is 0 Å². The third-order valence-corrected chi connectivity index (χ3v) is 7.78. The first-order valence-electron chi connectivity index (χ1n) is 12.8. The Kier molecular flexibility index (Phi) is 9.35. The highest BCUT2D eigenvalue weighted by atomic mass is 79.9. The van der Waals surface area contributed by atoms with Crippen molar-refractivity contribution in [1.29, 1.82) is 0 Å². The monoisotopic (exact) mass is 565 g/mol. The molecule has 3 amide bonds. The third kappa shape index (κ3) is 6.25. The fourth-order valence-corrected chi connectivity index (χ4v) is 5.50. The van der Waals surface area contributed by atoms with E-state index in [1.54, 1.807) is 18.2 Å². The number of amides is 3. The van der Waals surface area contributed by atoms with Crippen LogP contribution in [0.5, 0.6) is 0 Å². The lowest BCUT2D eigenvalue weighted by Crippen LogP contribution is -2.58. The first-order chi connectivity index (χ1) is 17.4. The normalized spacial score (nSPS) is 24.8. The van der Waals surface area contributed by atoms with Gasteiger partial charge in [-0.15, -0.1) is 0 Å². The Hall–Kier alpha value is -2.05. The lowest BCUT2D eigenvalue weighted by Gasteiger charge is -2.36. The van der Waals surface area contributed by atoms with E-state index in [1.807, 2.05) is 4.90 Å². The molecular formula is C25H36BrN5O5. The summed E-state index contributed by atoms with van der Waals surface area (Å²) >= 11 is 3.42. The molecular weight excluding hydrogens is 530 g/mol. The third-order valence-electron chi connectivity index (χ3n) is 7.22. The quantitative estimate of drug-likeness (QED) is 0.189. The minimum absolute atomic E-state index is 0.251. The van der Waals surface area contributed by atoms with Crippen molar-refractivity contribution < 1.29 is 24.6 Å². The van der Waals surface area contributed by atoms with E-state index in [4.69, 9.17) is 0 Å². The van der Waals surface area contributed by atoms with Gasteiger partial charge in [-0.2, -0.15) is 0 Å². The van der Waals surface area contributed by atoms with Gasteiger partial charge < -0.3 is 20.4 Å². The molecule has 3 unspecified atom stereocenters. The number of aliphatic hydroxyl groups excluding tert-OH is 2. The van der Waals surface area contributed by atoms with Crippen molar-refractivity contribution in [3.8, 4) is 0 Å². The number of nitrogens with zero attached hydrogens (tertiary/aromatic N) is 3. The van der Waals surface area contributed by atoms with E-state index in [1.165, 1.54) is 0 Å². The number of benzene rings is 1. The second kappa shape index (κ2) is 12.5. The fraction of sp³-hybridized carbons (Fsp3) is 0.640. The van der Waals surface area contributed by atoms with Gasteiger partial charge in [-0.05, 0) is 43.9 Å². The second-order valence-corrected chi connectivity index (χ2v) is 10.5. The number of fused-ring (bicyclic) bond motifs is 1. The maximum absolute atomic E-state index is 13.0. The number of piperazine rings is 1. The molecule has 3 aliphatic heterocycles. The molecule has 0 radical (unpaired) electrons.